The lowest BCUT2D eigenvalue weighted by molar-refractivity contribution is -0.146. The summed E-state index contributed by atoms with van der Waals surface area (Å²) in [6.07, 6.45) is 2.90. The Morgan fingerprint density at radius 2 is 1.55 bits per heavy atom. The van der Waals surface area contributed by atoms with Gasteiger partial charge in [-0.2, -0.15) is 0 Å². The predicted molar refractivity (Wildman–Crippen MR) is 140 cm³/mol. The summed E-state index contributed by atoms with van der Waals surface area (Å²) < 4.78 is 0. The van der Waals surface area contributed by atoms with Crippen molar-refractivity contribution < 1.29 is 29.1 Å². The Morgan fingerprint density at radius 3 is 2.13 bits per heavy atom. The van der Waals surface area contributed by atoms with E-state index in [1.165, 1.54) is 9.80 Å². The van der Waals surface area contributed by atoms with Gasteiger partial charge in [0.05, 0.1) is 6.54 Å². The first kappa shape index (κ1) is 29.1. The molecule has 3 rings (SSSR count). The average molecular weight is 530 g/mol. The molecular weight excluding hydrogens is 490 g/mol. The van der Waals surface area contributed by atoms with E-state index in [0.717, 1.165) is 5.56 Å². The van der Waals surface area contributed by atoms with Crippen molar-refractivity contribution in [1.82, 2.24) is 20.4 Å². The van der Waals surface area contributed by atoms with Crippen LogP contribution < -0.4 is 16.4 Å². The van der Waals surface area contributed by atoms with E-state index in [1.807, 2.05) is 37.3 Å². The van der Waals surface area contributed by atoms with Gasteiger partial charge in [-0.1, -0.05) is 50.6 Å². The van der Waals surface area contributed by atoms with Crippen molar-refractivity contribution in [1.29, 1.82) is 0 Å². The lowest BCUT2D eigenvalue weighted by Crippen LogP contribution is -2.58. The summed E-state index contributed by atoms with van der Waals surface area (Å²) in [5.74, 6) is -3.07. The number of carboxylic acids is 1. The first-order valence-electron chi connectivity index (χ1n) is 13.3. The first-order valence-corrected chi connectivity index (χ1v) is 13.3. The van der Waals surface area contributed by atoms with Gasteiger partial charge < -0.3 is 31.3 Å². The van der Waals surface area contributed by atoms with E-state index in [0.29, 0.717) is 45.2 Å². The SMILES string of the molecule is CCC(C)C(NC(=O)C1CCCN1C(=O)C(Cc1ccccc1)NC(=O)C1CCCN1C(=O)CN)C(=O)O. The Labute approximate surface area is 223 Å². The Bertz CT molecular complexity index is 1020. The van der Waals surface area contributed by atoms with Gasteiger partial charge in [0.1, 0.15) is 24.2 Å². The zero-order valence-electron chi connectivity index (χ0n) is 22.1. The number of carbonyl (C=O) groups is 5. The van der Waals surface area contributed by atoms with Crippen molar-refractivity contribution >= 4 is 29.6 Å². The third kappa shape index (κ3) is 6.89. The molecule has 208 valence electrons. The van der Waals surface area contributed by atoms with Gasteiger partial charge in [-0.25, -0.2) is 4.79 Å². The number of hydrogen-bond donors (Lipinski definition) is 4. The number of amides is 4. The summed E-state index contributed by atoms with van der Waals surface area (Å²) in [7, 11) is 0. The standard InChI is InChI=1S/C27H39N5O6/c1-3-17(2)23(27(37)38)30-25(35)21-12-8-14-32(21)26(36)19(15-18-9-5-4-6-10-18)29-24(34)20-11-7-13-31(20)22(33)16-28/h4-6,9-10,17,19-21,23H,3,7-8,11-16,28H2,1-2H3,(H,29,34)(H,30,35)(H,37,38). The van der Waals surface area contributed by atoms with Gasteiger partial charge in [0.25, 0.3) is 0 Å². The van der Waals surface area contributed by atoms with Gasteiger partial charge >= 0.3 is 5.97 Å². The predicted octanol–water partition coefficient (Wildman–Crippen LogP) is 0.270. The molecule has 11 nitrogen and oxygen atoms in total. The van der Waals surface area contributed by atoms with E-state index >= 15 is 0 Å². The normalized spacial score (nSPS) is 21.4. The highest BCUT2D eigenvalue weighted by molar-refractivity contribution is 5.95. The Balaban J connectivity index is 1.80. The molecule has 5 unspecified atom stereocenters. The molecule has 2 aliphatic heterocycles. The van der Waals surface area contributed by atoms with E-state index in [2.05, 4.69) is 10.6 Å². The van der Waals surface area contributed by atoms with Crippen LogP contribution in [0, 0.1) is 5.92 Å². The molecule has 11 heteroatoms. The van der Waals surface area contributed by atoms with Crippen molar-refractivity contribution in [2.45, 2.75) is 76.5 Å². The summed E-state index contributed by atoms with van der Waals surface area (Å²) in [5, 5.41) is 15.1. The van der Waals surface area contributed by atoms with Crippen molar-refractivity contribution in [3.8, 4) is 0 Å². The van der Waals surface area contributed by atoms with Crippen LogP contribution in [0.1, 0.15) is 51.5 Å². The minimum absolute atomic E-state index is 0.200. The fourth-order valence-corrected chi connectivity index (χ4v) is 5.21. The second-order valence-corrected chi connectivity index (χ2v) is 10.1. The second kappa shape index (κ2) is 13.4. The van der Waals surface area contributed by atoms with Crippen molar-refractivity contribution in [3.63, 3.8) is 0 Å². The van der Waals surface area contributed by atoms with Crippen molar-refractivity contribution in [3.05, 3.63) is 35.9 Å². The molecule has 5 atom stereocenters. The maximum Gasteiger partial charge on any atom is 0.326 e. The molecule has 1 aromatic carbocycles. The molecule has 5 N–H and O–H groups in total. The van der Waals surface area contributed by atoms with E-state index < -0.39 is 47.9 Å². The Hall–Kier alpha value is -3.47. The molecule has 4 amide bonds. The Kier molecular flexibility index (Phi) is 10.2. The van der Waals surface area contributed by atoms with Crippen LogP contribution >= 0.6 is 0 Å². The molecule has 0 spiro atoms. The lowest BCUT2D eigenvalue weighted by atomic mass is 9.98. The number of hydrogen-bond acceptors (Lipinski definition) is 6. The summed E-state index contributed by atoms with van der Waals surface area (Å²) in [4.78, 5) is 67.1. The van der Waals surface area contributed by atoms with Crippen molar-refractivity contribution in [2.24, 2.45) is 11.7 Å². The smallest absolute Gasteiger partial charge is 0.326 e. The topological polar surface area (TPSA) is 162 Å². The number of carbonyl (C=O) groups excluding carboxylic acids is 4. The van der Waals surface area contributed by atoms with Crippen LogP contribution in [0.2, 0.25) is 0 Å². The highest BCUT2D eigenvalue weighted by atomic mass is 16.4. The van der Waals surface area contributed by atoms with Crippen LogP contribution in [-0.2, 0) is 30.4 Å². The van der Waals surface area contributed by atoms with Crippen LogP contribution in [0.15, 0.2) is 30.3 Å². The number of aliphatic carboxylic acids is 1. The van der Waals surface area contributed by atoms with E-state index in [1.54, 1.807) is 6.92 Å². The number of benzene rings is 1. The number of rotatable bonds is 11. The molecule has 1 aromatic rings. The summed E-state index contributed by atoms with van der Waals surface area (Å²) in [6.45, 7) is 4.15. The zero-order valence-corrected chi connectivity index (χ0v) is 22.1. The highest BCUT2D eigenvalue weighted by Crippen LogP contribution is 2.22. The summed E-state index contributed by atoms with van der Waals surface area (Å²) in [6, 6.07) is 5.68. The van der Waals surface area contributed by atoms with Gasteiger partial charge in [0.15, 0.2) is 0 Å². The summed E-state index contributed by atoms with van der Waals surface area (Å²) in [5.41, 5.74) is 6.34. The number of carboxylic acid groups (broad SMARTS) is 1. The fourth-order valence-electron chi connectivity index (χ4n) is 5.21. The minimum atomic E-state index is -1.12. The molecule has 2 aliphatic rings. The molecule has 0 aromatic heterocycles. The second-order valence-electron chi connectivity index (χ2n) is 10.1. The largest absolute Gasteiger partial charge is 0.480 e. The fraction of sp³-hybridized carbons (Fsp3) is 0.593. The minimum Gasteiger partial charge on any atom is -0.480 e. The van der Waals surface area contributed by atoms with Crippen LogP contribution in [0.3, 0.4) is 0 Å². The summed E-state index contributed by atoms with van der Waals surface area (Å²) >= 11 is 0. The van der Waals surface area contributed by atoms with Gasteiger partial charge in [-0.3, -0.25) is 19.2 Å². The maximum atomic E-state index is 13.8. The van der Waals surface area contributed by atoms with Gasteiger partial charge in [-0.05, 0) is 37.2 Å². The third-order valence-electron chi connectivity index (χ3n) is 7.56. The first-order chi connectivity index (χ1) is 18.2. The molecule has 2 saturated heterocycles. The zero-order chi connectivity index (χ0) is 27.8. The van der Waals surface area contributed by atoms with E-state index in [9.17, 15) is 29.1 Å². The number of nitrogens with two attached hydrogens (primary N) is 1. The van der Waals surface area contributed by atoms with E-state index in [-0.39, 0.29) is 24.8 Å². The van der Waals surface area contributed by atoms with Gasteiger partial charge in [0.2, 0.25) is 23.6 Å². The van der Waals surface area contributed by atoms with Crippen LogP contribution in [0.25, 0.3) is 0 Å². The van der Waals surface area contributed by atoms with E-state index in [4.69, 9.17) is 5.73 Å². The molecule has 2 fully saturated rings. The highest BCUT2D eigenvalue weighted by Gasteiger charge is 2.41. The molecule has 2 heterocycles. The van der Waals surface area contributed by atoms with Crippen LogP contribution in [0.5, 0.6) is 0 Å². The van der Waals surface area contributed by atoms with Gasteiger partial charge in [0, 0.05) is 19.5 Å². The van der Waals surface area contributed by atoms with Crippen LogP contribution in [0.4, 0.5) is 0 Å². The molecular formula is C27H39N5O6. The third-order valence-corrected chi connectivity index (χ3v) is 7.56. The number of nitrogens with zero attached hydrogens (tertiary/aromatic N) is 2. The quantitative estimate of drug-likeness (QED) is 0.320. The molecule has 0 radical (unpaired) electrons. The molecule has 0 aliphatic carbocycles. The number of likely N-dealkylation sites (tertiary alicyclic amines) is 2. The molecule has 38 heavy (non-hydrogen) atoms. The van der Waals surface area contributed by atoms with Gasteiger partial charge in [-0.15, -0.1) is 0 Å². The molecule has 0 bridgehead atoms. The lowest BCUT2D eigenvalue weighted by Gasteiger charge is -2.31. The molecule has 0 saturated carbocycles. The Morgan fingerprint density at radius 1 is 0.974 bits per heavy atom. The maximum absolute atomic E-state index is 13.8. The monoisotopic (exact) mass is 529 g/mol. The van der Waals surface area contributed by atoms with Crippen molar-refractivity contribution in [2.75, 3.05) is 19.6 Å². The number of nitrogens with one attached hydrogen (secondary N) is 2. The average Bonchev–Trinajstić information content (AvgIpc) is 3.61. The van der Waals surface area contributed by atoms with Crippen LogP contribution in [-0.4, -0.2) is 88.3 Å².